The van der Waals surface area contributed by atoms with Crippen LogP contribution in [0.15, 0.2) is 42.5 Å². The van der Waals surface area contributed by atoms with Crippen LogP contribution in [0.5, 0.6) is 5.75 Å². The van der Waals surface area contributed by atoms with Crippen LogP contribution in [0.3, 0.4) is 0 Å². The summed E-state index contributed by atoms with van der Waals surface area (Å²) < 4.78 is 10.8. The zero-order chi connectivity index (χ0) is 15.1. The van der Waals surface area contributed by atoms with E-state index in [1.165, 1.54) is 0 Å². The Hall–Kier alpha value is -1.55. The fourth-order valence-electron chi connectivity index (χ4n) is 2.11. The van der Waals surface area contributed by atoms with Crippen LogP contribution in [-0.2, 0) is 11.3 Å². The maximum Gasteiger partial charge on any atom is 0.127 e. The van der Waals surface area contributed by atoms with Gasteiger partial charge in [-0.3, -0.25) is 0 Å². The number of hydrogen-bond donors (Lipinski definition) is 1. The van der Waals surface area contributed by atoms with Crippen molar-refractivity contribution in [2.24, 2.45) is 0 Å². The fraction of sp³-hybridized carbons (Fsp3) is 0.294. The molecule has 2 aromatic rings. The van der Waals surface area contributed by atoms with E-state index in [0.717, 1.165) is 34.0 Å². The molecule has 0 atom stereocenters. The highest BCUT2D eigenvalue weighted by atomic mass is 35.5. The molecule has 3 nitrogen and oxygen atoms in total. The first kappa shape index (κ1) is 15.8. The van der Waals surface area contributed by atoms with Gasteiger partial charge in [0.2, 0.25) is 0 Å². The van der Waals surface area contributed by atoms with Gasteiger partial charge >= 0.3 is 0 Å². The SMILES string of the molecule is CNCc1ccc(-c2ccccc2OCCOC)cc1Cl. The number of halogens is 1. The second-order valence-electron chi connectivity index (χ2n) is 4.67. The van der Waals surface area contributed by atoms with E-state index < -0.39 is 0 Å². The van der Waals surface area contributed by atoms with E-state index in [2.05, 4.69) is 11.4 Å². The quantitative estimate of drug-likeness (QED) is 0.790. The Morgan fingerprint density at radius 1 is 1.10 bits per heavy atom. The zero-order valence-electron chi connectivity index (χ0n) is 12.4. The zero-order valence-corrected chi connectivity index (χ0v) is 13.1. The number of methoxy groups -OCH3 is 1. The van der Waals surface area contributed by atoms with Crippen LogP contribution in [0.2, 0.25) is 5.02 Å². The Bertz CT molecular complexity index is 587. The first-order valence-electron chi connectivity index (χ1n) is 6.90. The molecule has 0 aliphatic carbocycles. The molecule has 0 fully saturated rings. The topological polar surface area (TPSA) is 30.5 Å². The second-order valence-corrected chi connectivity index (χ2v) is 5.08. The van der Waals surface area contributed by atoms with Gasteiger partial charge in [-0.2, -0.15) is 0 Å². The molecule has 0 saturated heterocycles. The molecule has 112 valence electrons. The molecule has 0 spiro atoms. The van der Waals surface area contributed by atoms with Crippen LogP contribution in [0, 0.1) is 0 Å². The van der Waals surface area contributed by atoms with Crippen LogP contribution in [0.1, 0.15) is 5.56 Å². The molecule has 0 aliphatic rings. The number of benzene rings is 2. The minimum Gasteiger partial charge on any atom is -0.491 e. The van der Waals surface area contributed by atoms with Gasteiger partial charge in [-0.25, -0.2) is 0 Å². The summed E-state index contributed by atoms with van der Waals surface area (Å²) in [5, 5.41) is 3.86. The molecule has 0 amide bonds. The van der Waals surface area contributed by atoms with E-state index in [4.69, 9.17) is 21.1 Å². The van der Waals surface area contributed by atoms with E-state index in [-0.39, 0.29) is 0 Å². The molecule has 0 heterocycles. The summed E-state index contributed by atoms with van der Waals surface area (Å²) in [5.74, 6) is 0.840. The largest absolute Gasteiger partial charge is 0.491 e. The molecule has 0 unspecified atom stereocenters. The monoisotopic (exact) mass is 305 g/mol. The highest BCUT2D eigenvalue weighted by Gasteiger charge is 2.08. The lowest BCUT2D eigenvalue weighted by atomic mass is 10.0. The fourth-order valence-corrected chi connectivity index (χ4v) is 2.36. The van der Waals surface area contributed by atoms with Crippen LogP contribution in [0.4, 0.5) is 0 Å². The molecular formula is C17H20ClNO2. The first-order chi connectivity index (χ1) is 10.3. The van der Waals surface area contributed by atoms with Gasteiger partial charge in [0.15, 0.2) is 0 Å². The Kier molecular flexibility index (Phi) is 6.05. The summed E-state index contributed by atoms with van der Waals surface area (Å²) in [6, 6.07) is 14.0. The van der Waals surface area contributed by atoms with Gasteiger partial charge in [-0.05, 0) is 30.3 Å². The van der Waals surface area contributed by atoms with Gasteiger partial charge in [-0.1, -0.05) is 41.9 Å². The van der Waals surface area contributed by atoms with Crippen molar-refractivity contribution in [1.29, 1.82) is 0 Å². The summed E-state index contributed by atoms with van der Waals surface area (Å²) in [7, 11) is 3.57. The summed E-state index contributed by atoms with van der Waals surface area (Å²) in [6.07, 6.45) is 0. The molecular weight excluding hydrogens is 286 g/mol. The third-order valence-electron chi connectivity index (χ3n) is 3.16. The van der Waals surface area contributed by atoms with Gasteiger partial charge in [-0.15, -0.1) is 0 Å². The number of ether oxygens (including phenoxy) is 2. The van der Waals surface area contributed by atoms with E-state index in [1.54, 1.807) is 7.11 Å². The van der Waals surface area contributed by atoms with E-state index >= 15 is 0 Å². The molecule has 0 saturated carbocycles. The summed E-state index contributed by atoms with van der Waals surface area (Å²) in [5.41, 5.74) is 3.17. The van der Waals surface area contributed by atoms with Gasteiger partial charge < -0.3 is 14.8 Å². The molecule has 2 aromatic carbocycles. The average Bonchev–Trinajstić information content (AvgIpc) is 2.50. The van der Waals surface area contributed by atoms with Crippen molar-refractivity contribution in [2.75, 3.05) is 27.4 Å². The maximum atomic E-state index is 6.34. The third-order valence-corrected chi connectivity index (χ3v) is 3.52. The van der Waals surface area contributed by atoms with Gasteiger partial charge in [0, 0.05) is 24.2 Å². The average molecular weight is 306 g/mol. The van der Waals surface area contributed by atoms with Crippen LogP contribution < -0.4 is 10.1 Å². The molecule has 21 heavy (non-hydrogen) atoms. The van der Waals surface area contributed by atoms with Crippen molar-refractivity contribution in [2.45, 2.75) is 6.54 Å². The maximum absolute atomic E-state index is 6.34. The highest BCUT2D eigenvalue weighted by Crippen LogP contribution is 2.32. The molecule has 0 aliphatic heterocycles. The Morgan fingerprint density at radius 2 is 1.90 bits per heavy atom. The lowest BCUT2D eigenvalue weighted by molar-refractivity contribution is 0.146. The van der Waals surface area contributed by atoms with Crippen molar-refractivity contribution < 1.29 is 9.47 Å². The predicted octanol–water partition coefficient (Wildman–Crippen LogP) is 3.75. The molecule has 4 heteroatoms. The summed E-state index contributed by atoms with van der Waals surface area (Å²) in [6.45, 7) is 1.85. The number of nitrogens with one attached hydrogen (secondary N) is 1. The van der Waals surface area contributed by atoms with E-state index in [1.807, 2.05) is 43.4 Å². The van der Waals surface area contributed by atoms with Gasteiger partial charge in [0.1, 0.15) is 12.4 Å². The smallest absolute Gasteiger partial charge is 0.127 e. The Balaban J connectivity index is 2.27. The molecule has 0 aromatic heterocycles. The Labute approximate surface area is 130 Å². The minimum absolute atomic E-state index is 0.527. The minimum atomic E-state index is 0.527. The normalized spacial score (nSPS) is 10.6. The molecule has 0 bridgehead atoms. The van der Waals surface area contributed by atoms with Gasteiger partial charge in [0.25, 0.3) is 0 Å². The standard InChI is InChI=1S/C17H20ClNO2/c1-19-12-14-8-7-13(11-16(14)18)15-5-3-4-6-17(15)21-10-9-20-2/h3-8,11,19H,9-10,12H2,1-2H3. The highest BCUT2D eigenvalue weighted by molar-refractivity contribution is 6.31. The first-order valence-corrected chi connectivity index (χ1v) is 7.28. The third kappa shape index (κ3) is 4.21. The van der Waals surface area contributed by atoms with Crippen molar-refractivity contribution in [3.05, 3.63) is 53.1 Å². The molecule has 2 rings (SSSR count). The summed E-state index contributed by atoms with van der Waals surface area (Å²) >= 11 is 6.34. The number of hydrogen-bond acceptors (Lipinski definition) is 3. The van der Waals surface area contributed by atoms with Crippen LogP contribution >= 0.6 is 11.6 Å². The van der Waals surface area contributed by atoms with Gasteiger partial charge in [0.05, 0.1) is 6.61 Å². The van der Waals surface area contributed by atoms with Crippen LogP contribution in [-0.4, -0.2) is 27.4 Å². The summed E-state index contributed by atoms with van der Waals surface area (Å²) in [4.78, 5) is 0. The van der Waals surface area contributed by atoms with Crippen LogP contribution in [0.25, 0.3) is 11.1 Å². The lowest BCUT2D eigenvalue weighted by Gasteiger charge is -2.12. The van der Waals surface area contributed by atoms with Crippen molar-refractivity contribution >= 4 is 11.6 Å². The Morgan fingerprint density at radius 3 is 2.62 bits per heavy atom. The van der Waals surface area contributed by atoms with E-state index in [0.29, 0.717) is 13.2 Å². The lowest BCUT2D eigenvalue weighted by Crippen LogP contribution is -2.06. The molecule has 0 radical (unpaired) electrons. The number of rotatable bonds is 7. The number of para-hydroxylation sites is 1. The van der Waals surface area contributed by atoms with E-state index in [9.17, 15) is 0 Å². The van der Waals surface area contributed by atoms with Crippen molar-refractivity contribution in [1.82, 2.24) is 5.32 Å². The predicted molar refractivity (Wildman–Crippen MR) is 87.0 cm³/mol. The second kappa shape index (κ2) is 8.03. The molecule has 1 N–H and O–H groups in total. The van der Waals surface area contributed by atoms with Crippen molar-refractivity contribution in [3.63, 3.8) is 0 Å². The van der Waals surface area contributed by atoms with Crippen molar-refractivity contribution in [3.8, 4) is 16.9 Å².